The first-order valence-corrected chi connectivity index (χ1v) is 8.99. The maximum Gasteiger partial charge on any atom is 0.137 e. The van der Waals surface area contributed by atoms with Crippen molar-refractivity contribution in [3.8, 4) is 0 Å². The Bertz CT molecular complexity index is 682. The average molecular weight is 348 g/mol. The molecule has 1 aliphatic heterocycles. The highest BCUT2D eigenvalue weighted by atomic mass is 35.5. The molecule has 130 valence electrons. The summed E-state index contributed by atoms with van der Waals surface area (Å²) in [5.74, 6) is 1.47. The van der Waals surface area contributed by atoms with Gasteiger partial charge in [0, 0.05) is 49.2 Å². The van der Waals surface area contributed by atoms with Crippen LogP contribution in [0.4, 0.5) is 5.82 Å². The highest BCUT2D eigenvalue weighted by Crippen LogP contribution is 2.23. The summed E-state index contributed by atoms with van der Waals surface area (Å²) in [6.07, 6.45) is 1.60. The number of rotatable bonds is 5. The van der Waals surface area contributed by atoms with Crippen LogP contribution in [0, 0.1) is 5.92 Å². The third-order valence-electron chi connectivity index (χ3n) is 4.85. The topological polar surface area (TPSA) is 44.3 Å². The second-order valence-electron chi connectivity index (χ2n) is 6.92. The third kappa shape index (κ3) is 3.97. The molecule has 2 aromatic rings. The Morgan fingerprint density at radius 1 is 1.17 bits per heavy atom. The maximum atomic E-state index is 6.06. The fourth-order valence-corrected chi connectivity index (χ4v) is 3.48. The van der Waals surface area contributed by atoms with Crippen molar-refractivity contribution < 1.29 is 0 Å². The molecular weight excluding hydrogens is 322 g/mol. The monoisotopic (exact) mass is 347 g/mol. The first-order valence-electron chi connectivity index (χ1n) is 8.61. The molecule has 1 saturated heterocycles. The minimum atomic E-state index is 0.496. The summed E-state index contributed by atoms with van der Waals surface area (Å²) in [4.78, 5) is 13.7. The van der Waals surface area contributed by atoms with E-state index in [1.54, 1.807) is 6.33 Å². The lowest BCUT2D eigenvalue weighted by atomic mass is 10.0. The van der Waals surface area contributed by atoms with Crippen LogP contribution in [0.5, 0.6) is 0 Å². The van der Waals surface area contributed by atoms with Crippen molar-refractivity contribution in [2.45, 2.75) is 19.9 Å². The van der Waals surface area contributed by atoms with Crippen molar-refractivity contribution in [3.63, 3.8) is 0 Å². The molecule has 1 aromatic carbocycles. The summed E-state index contributed by atoms with van der Waals surface area (Å²) in [6.45, 7) is 10.00. The number of likely N-dealkylation sites (N-methyl/N-ethyl adjacent to an activating group) is 1. The van der Waals surface area contributed by atoms with E-state index in [2.05, 4.69) is 46.0 Å². The number of hydrogen-bond acceptors (Lipinski definition) is 5. The van der Waals surface area contributed by atoms with Crippen LogP contribution in [0.3, 0.4) is 0 Å². The Balaban J connectivity index is 1.73. The number of aromatic nitrogens is 2. The van der Waals surface area contributed by atoms with Crippen molar-refractivity contribution >= 4 is 28.3 Å². The summed E-state index contributed by atoms with van der Waals surface area (Å²) in [5.41, 5.74) is 0.876. The summed E-state index contributed by atoms with van der Waals surface area (Å²) in [6, 6.07) is 6.25. The largest absolute Gasteiger partial charge is 0.368 e. The smallest absolute Gasteiger partial charge is 0.137 e. The van der Waals surface area contributed by atoms with Gasteiger partial charge < -0.3 is 10.2 Å². The molecule has 1 atom stereocenters. The molecular formula is C18H26ClN5. The van der Waals surface area contributed by atoms with Gasteiger partial charge in [0.05, 0.1) is 5.52 Å². The van der Waals surface area contributed by atoms with Gasteiger partial charge >= 0.3 is 0 Å². The number of nitrogens with zero attached hydrogens (tertiary/aromatic N) is 4. The van der Waals surface area contributed by atoms with E-state index in [1.807, 2.05) is 18.2 Å². The molecule has 2 heterocycles. The summed E-state index contributed by atoms with van der Waals surface area (Å²) in [5, 5.41) is 5.26. The van der Waals surface area contributed by atoms with Gasteiger partial charge in [0.1, 0.15) is 12.1 Å². The van der Waals surface area contributed by atoms with Crippen LogP contribution in [0.25, 0.3) is 10.9 Å². The minimum absolute atomic E-state index is 0.496. The Labute approximate surface area is 149 Å². The number of nitrogens with one attached hydrogen (secondary N) is 1. The number of fused-ring (bicyclic) bond motifs is 1. The third-order valence-corrected chi connectivity index (χ3v) is 5.09. The van der Waals surface area contributed by atoms with Gasteiger partial charge in [0.15, 0.2) is 0 Å². The quantitative estimate of drug-likeness (QED) is 0.900. The zero-order chi connectivity index (χ0) is 17.1. The molecule has 3 rings (SSSR count). The van der Waals surface area contributed by atoms with E-state index in [1.165, 1.54) is 0 Å². The molecule has 1 fully saturated rings. The SMILES string of the molecule is CC(C)[C@H](CNc1ncnc2cc(Cl)ccc12)N1CCN(C)CC1. The van der Waals surface area contributed by atoms with Gasteiger partial charge in [-0.15, -0.1) is 0 Å². The lowest BCUT2D eigenvalue weighted by Crippen LogP contribution is -2.52. The van der Waals surface area contributed by atoms with Crippen LogP contribution < -0.4 is 5.32 Å². The van der Waals surface area contributed by atoms with Crippen LogP contribution in [-0.4, -0.2) is 65.6 Å². The van der Waals surface area contributed by atoms with E-state index in [4.69, 9.17) is 11.6 Å². The highest BCUT2D eigenvalue weighted by molar-refractivity contribution is 6.31. The Morgan fingerprint density at radius 2 is 1.92 bits per heavy atom. The lowest BCUT2D eigenvalue weighted by Gasteiger charge is -2.40. The zero-order valence-corrected chi connectivity index (χ0v) is 15.4. The second kappa shape index (κ2) is 7.64. The van der Waals surface area contributed by atoms with Crippen LogP contribution >= 0.6 is 11.6 Å². The van der Waals surface area contributed by atoms with Crippen molar-refractivity contribution in [2.24, 2.45) is 5.92 Å². The molecule has 0 spiro atoms. The summed E-state index contributed by atoms with van der Waals surface area (Å²) < 4.78 is 0. The molecule has 0 aliphatic carbocycles. The van der Waals surface area contributed by atoms with Crippen molar-refractivity contribution in [3.05, 3.63) is 29.5 Å². The molecule has 0 amide bonds. The number of piperazine rings is 1. The number of anilines is 1. The minimum Gasteiger partial charge on any atom is -0.368 e. The molecule has 0 bridgehead atoms. The van der Waals surface area contributed by atoms with Crippen molar-refractivity contribution in [2.75, 3.05) is 45.1 Å². The summed E-state index contributed by atoms with van der Waals surface area (Å²) in [7, 11) is 2.19. The van der Waals surface area contributed by atoms with E-state index >= 15 is 0 Å². The predicted molar refractivity (Wildman–Crippen MR) is 101 cm³/mol. The van der Waals surface area contributed by atoms with E-state index < -0.39 is 0 Å². The first-order chi connectivity index (χ1) is 11.5. The number of benzene rings is 1. The van der Waals surface area contributed by atoms with Gasteiger partial charge in [-0.1, -0.05) is 25.4 Å². The van der Waals surface area contributed by atoms with Crippen LogP contribution in [0.15, 0.2) is 24.5 Å². The van der Waals surface area contributed by atoms with Gasteiger partial charge in [-0.05, 0) is 31.2 Å². The predicted octanol–water partition coefficient (Wildman–Crippen LogP) is 2.97. The van der Waals surface area contributed by atoms with Crippen molar-refractivity contribution in [1.29, 1.82) is 0 Å². The molecule has 0 saturated carbocycles. The number of hydrogen-bond donors (Lipinski definition) is 1. The highest BCUT2D eigenvalue weighted by Gasteiger charge is 2.25. The molecule has 1 aliphatic rings. The van der Waals surface area contributed by atoms with Crippen LogP contribution in [0.2, 0.25) is 5.02 Å². The molecule has 5 nitrogen and oxygen atoms in total. The Hall–Kier alpha value is -1.43. The first kappa shape index (κ1) is 17.4. The van der Waals surface area contributed by atoms with Gasteiger partial charge in [0.2, 0.25) is 0 Å². The fraction of sp³-hybridized carbons (Fsp3) is 0.556. The van der Waals surface area contributed by atoms with E-state index in [0.29, 0.717) is 17.0 Å². The van der Waals surface area contributed by atoms with E-state index in [0.717, 1.165) is 49.4 Å². The summed E-state index contributed by atoms with van der Waals surface area (Å²) >= 11 is 6.06. The molecule has 24 heavy (non-hydrogen) atoms. The van der Waals surface area contributed by atoms with Gasteiger partial charge in [0.25, 0.3) is 0 Å². The van der Waals surface area contributed by atoms with Crippen molar-refractivity contribution in [1.82, 2.24) is 19.8 Å². The molecule has 0 radical (unpaired) electrons. The van der Waals surface area contributed by atoms with Gasteiger partial charge in [-0.25, -0.2) is 9.97 Å². The van der Waals surface area contributed by atoms with Gasteiger partial charge in [-0.3, -0.25) is 4.90 Å². The normalized spacial score (nSPS) is 18.2. The number of halogens is 1. The molecule has 1 aromatic heterocycles. The maximum absolute atomic E-state index is 6.06. The molecule has 0 unspecified atom stereocenters. The van der Waals surface area contributed by atoms with E-state index in [9.17, 15) is 0 Å². The Morgan fingerprint density at radius 3 is 2.62 bits per heavy atom. The Kier molecular flexibility index (Phi) is 5.54. The second-order valence-corrected chi connectivity index (χ2v) is 7.35. The zero-order valence-electron chi connectivity index (χ0n) is 14.7. The average Bonchev–Trinajstić information content (AvgIpc) is 2.56. The fourth-order valence-electron chi connectivity index (χ4n) is 3.31. The van der Waals surface area contributed by atoms with E-state index in [-0.39, 0.29) is 0 Å². The lowest BCUT2D eigenvalue weighted by molar-refractivity contribution is 0.0944. The van der Waals surface area contributed by atoms with Crippen LogP contribution in [0.1, 0.15) is 13.8 Å². The molecule has 6 heteroatoms. The van der Waals surface area contributed by atoms with Crippen LogP contribution in [-0.2, 0) is 0 Å². The van der Waals surface area contributed by atoms with Gasteiger partial charge in [-0.2, -0.15) is 0 Å². The standard InChI is InChI=1S/C18H26ClN5/c1-13(2)17(24-8-6-23(3)7-9-24)11-20-18-15-5-4-14(19)10-16(15)21-12-22-18/h4-5,10,12-13,17H,6-9,11H2,1-3H3,(H,20,21,22)/t17-/m0/s1. The molecule has 1 N–H and O–H groups in total.